The van der Waals surface area contributed by atoms with E-state index in [4.69, 9.17) is 0 Å². The van der Waals surface area contributed by atoms with E-state index in [1.54, 1.807) is 35.4 Å². The van der Waals surface area contributed by atoms with Crippen molar-refractivity contribution >= 4 is 18.3 Å². The molecule has 2 amide bonds. The Morgan fingerprint density at radius 3 is 2.48 bits per heavy atom. The SMILES string of the molecule is O=C(N1CC(=Cc2ccccc2F)C1)N1N=CCC1c1cc(F)cc(F)c1. The third-order valence-electron chi connectivity index (χ3n) is 4.62. The second-order valence-electron chi connectivity index (χ2n) is 6.56. The summed E-state index contributed by atoms with van der Waals surface area (Å²) in [5.41, 5.74) is 1.76. The molecule has 1 unspecified atom stereocenters. The Labute approximate surface area is 154 Å². The highest BCUT2D eigenvalue weighted by Crippen LogP contribution is 2.32. The minimum atomic E-state index is -0.691. The van der Waals surface area contributed by atoms with Gasteiger partial charge in [0.2, 0.25) is 0 Å². The molecule has 27 heavy (non-hydrogen) atoms. The van der Waals surface area contributed by atoms with Crippen LogP contribution in [0.5, 0.6) is 0 Å². The highest BCUT2D eigenvalue weighted by molar-refractivity contribution is 5.80. The Hall–Kier alpha value is -3.09. The Bertz CT molecular complexity index is 929. The van der Waals surface area contributed by atoms with Crippen LogP contribution in [0.15, 0.2) is 53.1 Å². The molecule has 2 aliphatic heterocycles. The van der Waals surface area contributed by atoms with Crippen molar-refractivity contribution in [3.8, 4) is 0 Å². The summed E-state index contributed by atoms with van der Waals surface area (Å²) in [7, 11) is 0. The molecule has 138 valence electrons. The minimum absolute atomic E-state index is 0.313. The number of hydrogen-bond acceptors (Lipinski definition) is 2. The maximum atomic E-state index is 13.7. The molecule has 0 radical (unpaired) electrons. The number of halogens is 3. The first kappa shape index (κ1) is 17.3. The quantitative estimate of drug-likeness (QED) is 0.773. The van der Waals surface area contributed by atoms with Gasteiger partial charge in [0.1, 0.15) is 17.5 Å². The van der Waals surface area contributed by atoms with Gasteiger partial charge in [0.15, 0.2) is 0 Å². The smallest absolute Gasteiger partial charge is 0.315 e. The van der Waals surface area contributed by atoms with Crippen LogP contribution in [0, 0.1) is 17.5 Å². The van der Waals surface area contributed by atoms with Gasteiger partial charge in [-0.1, -0.05) is 18.2 Å². The van der Waals surface area contributed by atoms with Crippen molar-refractivity contribution in [2.45, 2.75) is 12.5 Å². The fourth-order valence-electron chi connectivity index (χ4n) is 3.27. The lowest BCUT2D eigenvalue weighted by molar-refractivity contribution is 0.136. The summed E-state index contributed by atoms with van der Waals surface area (Å²) in [6, 6.07) is 8.76. The van der Waals surface area contributed by atoms with E-state index in [0.717, 1.165) is 11.6 Å². The monoisotopic (exact) mass is 371 g/mol. The van der Waals surface area contributed by atoms with Crippen molar-refractivity contribution in [1.82, 2.24) is 9.91 Å². The zero-order valence-corrected chi connectivity index (χ0v) is 14.3. The van der Waals surface area contributed by atoms with Gasteiger partial charge in [-0.2, -0.15) is 5.10 Å². The minimum Gasteiger partial charge on any atom is -0.315 e. The number of carbonyl (C=O) groups excluding carboxylic acids is 1. The largest absolute Gasteiger partial charge is 0.341 e. The number of urea groups is 1. The predicted octanol–water partition coefficient (Wildman–Crippen LogP) is 4.36. The lowest BCUT2D eigenvalue weighted by atomic mass is 10.0. The average molecular weight is 371 g/mol. The molecule has 0 N–H and O–H groups in total. The van der Waals surface area contributed by atoms with Gasteiger partial charge in [0, 0.05) is 37.4 Å². The first-order valence-electron chi connectivity index (χ1n) is 8.52. The number of benzene rings is 2. The zero-order chi connectivity index (χ0) is 19.0. The van der Waals surface area contributed by atoms with Crippen LogP contribution in [0.4, 0.5) is 18.0 Å². The molecule has 2 aromatic rings. The number of likely N-dealkylation sites (tertiary alicyclic amines) is 1. The molecule has 4 nitrogen and oxygen atoms in total. The van der Waals surface area contributed by atoms with Gasteiger partial charge in [0.25, 0.3) is 0 Å². The van der Waals surface area contributed by atoms with E-state index in [1.165, 1.54) is 23.2 Å². The number of rotatable bonds is 2. The molecule has 7 heteroatoms. The van der Waals surface area contributed by atoms with E-state index in [1.807, 2.05) is 0 Å². The molecule has 0 aliphatic carbocycles. The highest BCUT2D eigenvalue weighted by Gasteiger charge is 2.35. The molecule has 2 aromatic carbocycles. The zero-order valence-electron chi connectivity index (χ0n) is 14.3. The normalized spacial score (nSPS) is 18.6. The number of hydrazone groups is 1. The summed E-state index contributed by atoms with van der Waals surface area (Å²) in [4.78, 5) is 14.2. The average Bonchev–Trinajstić information content (AvgIpc) is 3.07. The fraction of sp³-hybridized carbons (Fsp3) is 0.200. The standard InChI is InChI=1S/C20H16F3N3O/c21-16-8-15(9-17(22)10-16)19-5-6-24-26(19)20(27)25-11-13(12-25)7-14-3-1-2-4-18(14)23/h1-4,6-10,19H,5,11-12H2. The van der Waals surface area contributed by atoms with Crippen LogP contribution in [0.25, 0.3) is 6.08 Å². The molecule has 0 spiro atoms. The molecule has 0 saturated carbocycles. The van der Waals surface area contributed by atoms with E-state index in [9.17, 15) is 18.0 Å². The summed E-state index contributed by atoms with van der Waals surface area (Å²) in [5, 5.41) is 5.32. The van der Waals surface area contributed by atoms with Crippen molar-refractivity contribution in [3.63, 3.8) is 0 Å². The van der Waals surface area contributed by atoms with Gasteiger partial charge in [-0.3, -0.25) is 0 Å². The summed E-state index contributed by atoms with van der Waals surface area (Å²) in [6.07, 6.45) is 3.67. The van der Waals surface area contributed by atoms with Gasteiger partial charge in [-0.05, 0) is 35.4 Å². The van der Waals surface area contributed by atoms with Gasteiger partial charge in [-0.25, -0.2) is 23.0 Å². The van der Waals surface area contributed by atoms with E-state index in [-0.39, 0.29) is 11.8 Å². The van der Waals surface area contributed by atoms with Crippen LogP contribution in [0.3, 0.4) is 0 Å². The second-order valence-corrected chi connectivity index (χ2v) is 6.56. The second kappa shape index (κ2) is 6.90. The van der Waals surface area contributed by atoms with Crippen LogP contribution >= 0.6 is 0 Å². The number of carbonyl (C=O) groups is 1. The molecule has 1 fully saturated rings. The Morgan fingerprint density at radius 1 is 1.07 bits per heavy atom. The Balaban J connectivity index is 1.46. The summed E-state index contributed by atoms with van der Waals surface area (Å²) < 4.78 is 40.7. The van der Waals surface area contributed by atoms with Crippen molar-refractivity contribution in [2.24, 2.45) is 5.10 Å². The van der Waals surface area contributed by atoms with Gasteiger partial charge in [0.05, 0.1) is 6.04 Å². The first-order valence-corrected chi connectivity index (χ1v) is 8.52. The van der Waals surface area contributed by atoms with Crippen LogP contribution in [-0.4, -0.2) is 35.2 Å². The van der Waals surface area contributed by atoms with Gasteiger partial charge < -0.3 is 4.90 Å². The molecular formula is C20H16F3N3O. The van der Waals surface area contributed by atoms with Gasteiger partial charge in [-0.15, -0.1) is 0 Å². The molecule has 2 heterocycles. The lowest BCUT2D eigenvalue weighted by Gasteiger charge is -2.37. The van der Waals surface area contributed by atoms with E-state index < -0.39 is 17.7 Å². The molecule has 1 saturated heterocycles. The summed E-state index contributed by atoms with van der Waals surface area (Å²) >= 11 is 0. The van der Waals surface area contributed by atoms with E-state index >= 15 is 0 Å². The molecule has 4 rings (SSSR count). The van der Waals surface area contributed by atoms with E-state index in [0.29, 0.717) is 30.6 Å². The fourth-order valence-corrected chi connectivity index (χ4v) is 3.27. The molecule has 0 aromatic heterocycles. The lowest BCUT2D eigenvalue weighted by Crippen LogP contribution is -2.49. The van der Waals surface area contributed by atoms with E-state index in [2.05, 4.69) is 5.10 Å². The molecule has 1 atom stereocenters. The maximum absolute atomic E-state index is 13.7. The summed E-state index contributed by atoms with van der Waals surface area (Å²) in [6.45, 7) is 0.729. The first-order chi connectivity index (χ1) is 13.0. The van der Waals surface area contributed by atoms with Crippen LogP contribution in [-0.2, 0) is 0 Å². The topological polar surface area (TPSA) is 35.9 Å². The number of nitrogens with zero attached hydrogens (tertiary/aromatic N) is 3. The van der Waals surface area contributed by atoms with Crippen molar-refractivity contribution in [3.05, 3.63) is 76.6 Å². The highest BCUT2D eigenvalue weighted by atomic mass is 19.1. The van der Waals surface area contributed by atoms with Crippen LogP contribution < -0.4 is 0 Å². The Morgan fingerprint density at radius 2 is 1.78 bits per heavy atom. The summed E-state index contributed by atoms with van der Waals surface area (Å²) in [5.74, 6) is -1.70. The van der Waals surface area contributed by atoms with Crippen LogP contribution in [0.2, 0.25) is 0 Å². The third kappa shape index (κ3) is 3.45. The van der Waals surface area contributed by atoms with Crippen molar-refractivity contribution < 1.29 is 18.0 Å². The van der Waals surface area contributed by atoms with Crippen LogP contribution in [0.1, 0.15) is 23.6 Å². The molecule has 0 bridgehead atoms. The molecular weight excluding hydrogens is 355 g/mol. The van der Waals surface area contributed by atoms with Crippen molar-refractivity contribution in [2.75, 3.05) is 13.1 Å². The molecule has 2 aliphatic rings. The third-order valence-corrected chi connectivity index (χ3v) is 4.62. The maximum Gasteiger partial charge on any atom is 0.341 e. The predicted molar refractivity (Wildman–Crippen MR) is 95.4 cm³/mol. The Kier molecular flexibility index (Phi) is 4.43. The number of amides is 2. The van der Waals surface area contributed by atoms with Crippen molar-refractivity contribution in [1.29, 1.82) is 0 Å². The van der Waals surface area contributed by atoms with Gasteiger partial charge >= 0.3 is 6.03 Å². The number of hydrogen-bond donors (Lipinski definition) is 0.